The molecule has 0 radical (unpaired) electrons. The molecule has 0 aromatic rings. The molecule has 0 aromatic heterocycles. The second-order valence-corrected chi connectivity index (χ2v) is 3.61. The van der Waals surface area contributed by atoms with Crippen LogP contribution in [-0.4, -0.2) is 18.3 Å². The zero-order valence-electron chi connectivity index (χ0n) is 5.56. The molecule has 0 saturated carbocycles. The molecule has 0 fully saturated rings. The zero-order valence-corrected chi connectivity index (χ0v) is 6.45. The van der Waals surface area contributed by atoms with Gasteiger partial charge in [-0.3, -0.25) is 4.57 Å². The van der Waals surface area contributed by atoms with Crippen molar-refractivity contribution in [1.29, 1.82) is 0 Å². The van der Waals surface area contributed by atoms with E-state index in [-0.39, 0.29) is 6.16 Å². The molecule has 0 aliphatic rings. The van der Waals surface area contributed by atoms with Gasteiger partial charge in [-0.05, 0) is 0 Å². The largest absolute Gasteiger partial charge is 0.323 e. The summed E-state index contributed by atoms with van der Waals surface area (Å²) in [5.74, 6) is 0. The van der Waals surface area contributed by atoms with Crippen LogP contribution in [-0.2, 0) is 14.2 Å². The highest BCUT2D eigenvalue weighted by Gasteiger charge is 2.16. The molecule has 0 amide bonds. The average Bonchev–Trinajstić information content (AvgIpc) is 1.88. The highest BCUT2D eigenvalue weighted by Crippen LogP contribution is 2.47. The topological polar surface area (TPSA) is 75.9 Å². The van der Waals surface area contributed by atoms with Gasteiger partial charge in [0.1, 0.15) is 0 Å². The minimum Gasteiger partial charge on any atom is -0.270 e. The lowest BCUT2D eigenvalue weighted by molar-refractivity contribution is 0.559. The minimum atomic E-state index is -3.43. The van der Waals surface area contributed by atoms with Gasteiger partial charge < -0.3 is 0 Å². The first-order chi connectivity index (χ1) is 5.18. The Bertz CT molecular complexity index is 264. The van der Waals surface area contributed by atoms with Crippen LogP contribution in [0.1, 0.15) is 0 Å². The van der Waals surface area contributed by atoms with Crippen LogP contribution >= 0.6 is 7.44 Å². The molecular formula is C5H5N2O3P. The predicted molar refractivity (Wildman–Crippen MR) is 38.9 cm³/mol. The van der Waals surface area contributed by atoms with Crippen LogP contribution in [0.25, 0.3) is 0 Å². The summed E-state index contributed by atoms with van der Waals surface area (Å²) in [7, 11) is -3.43. The number of rotatable bonds is 4. The molecule has 5 nitrogen and oxygen atoms in total. The summed E-state index contributed by atoms with van der Waals surface area (Å²) in [4.78, 5) is 19.4. The molecule has 0 aromatic carbocycles. The molecule has 0 aliphatic heterocycles. The Morgan fingerprint density at radius 2 is 1.82 bits per heavy atom. The van der Waals surface area contributed by atoms with E-state index in [2.05, 4.69) is 16.1 Å². The molecule has 58 valence electrons. The third-order valence-electron chi connectivity index (χ3n) is 0.761. The molecule has 0 atom stereocenters. The van der Waals surface area contributed by atoms with Gasteiger partial charge in [-0.1, -0.05) is 6.08 Å². The van der Waals surface area contributed by atoms with Crippen molar-refractivity contribution < 1.29 is 14.2 Å². The third-order valence-corrected chi connectivity index (χ3v) is 2.28. The molecule has 0 heterocycles. The first-order valence-electron chi connectivity index (χ1n) is 2.57. The van der Waals surface area contributed by atoms with Crippen molar-refractivity contribution in [2.45, 2.75) is 0 Å². The minimum absolute atomic E-state index is 0.128. The maximum atomic E-state index is 11.1. The molecule has 0 bridgehead atoms. The maximum absolute atomic E-state index is 11.1. The fraction of sp³-hybridized carbons (Fsp3) is 0.200. The summed E-state index contributed by atoms with van der Waals surface area (Å²) in [5.41, 5.74) is 0. The molecule has 0 unspecified atom stereocenters. The van der Waals surface area contributed by atoms with E-state index in [1.807, 2.05) is 0 Å². The van der Waals surface area contributed by atoms with Crippen LogP contribution in [0, 0.1) is 0 Å². The summed E-state index contributed by atoms with van der Waals surface area (Å²) in [6.45, 7) is 3.26. The number of hydrogen-bond donors (Lipinski definition) is 0. The van der Waals surface area contributed by atoms with Gasteiger partial charge in [-0.2, -0.15) is 0 Å². The van der Waals surface area contributed by atoms with E-state index in [4.69, 9.17) is 0 Å². The smallest absolute Gasteiger partial charge is 0.270 e. The van der Waals surface area contributed by atoms with Gasteiger partial charge in [0, 0.05) is 0 Å². The van der Waals surface area contributed by atoms with Gasteiger partial charge in [-0.15, -0.1) is 16.1 Å². The Labute approximate surface area is 63.0 Å². The molecule has 6 heteroatoms. The van der Waals surface area contributed by atoms with Crippen molar-refractivity contribution in [3.05, 3.63) is 12.7 Å². The lowest BCUT2D eigenvalue weighted by Crippen LogP contribution is -1.77. The quantitative estimate of drug-likeness (QED) is 0.275. The standard InChI is InChI=1S/C5H5N2O3P/c1-2-3-11(10,6-4-8)7-5-9/h2H,1,3H2. The van der Waals surface area contributed by atoms with E-state index in [0.717, 1.165) is 12.2 Å². The van der Waals surface area contributed by atoms with Gasteiger partial charge in [0.25, 0.3) is 0 Å². The second kappa shape index (κ2) is 4.53. The summed E-state index contributed by atoms with van der Waals surface area (Å²) < 4.78 is 16.9. The van der Waals surface area contributed by atoms with Crippen molar-refractivity contribution in [2.24, 2.45) is 9.53 Å². The monoisotopic (exact) mass is 172 g/mol. The van der Waals surface area contributed by atoms with E-state index in [0.29, 0.717) is 0 Å². The average molecular weight is 172 g/mol. The highest BCUT2D eigenvalue weighted by atomic mass is 31.2. The van der Waals surface area contributed by atoms with Crippen molar-refractivity contribution in [2.75, 3.05) is 6.16 Å². The first kappa shape index (κ1) is 9.73. The van der Waals surface area contributed by atoms with Crippen molar-refractivity contribution in [1.82, 2.24) is 0 Å². The van der Waals surface area contributed by atoms with Crippen LogP contribution in [0.2, 0.25) is 0 Å². The van der Waals surface area contributed by atoms with E-state index < -0.39 is 7.44 Å². The summed E-state index contributed by atoms with van der Waals surface area (Å²) in [6.07, 6.45) is 3.26. The van der Waals surface area contributed by atoms with Gasteiger partial charge in [0.15, 0.2) is 0 Å². The lowest BCUT2D eigenvalue weighted by atomic mass is 10.8. The number of allylic oxidation sites excluding steroid dienone is 1. The van der Waals surface area contributed by atoms with Gasteiger partial charge in [0.05, 0.1) is 6.16 Å². The zero-order chi connectivity index (χ0) is 8.74. The molecule has 0 spiro atoms. The van der Waals surface area contributed by atoms with Crippen LogP contribution in [0.5, 0.6) is 0 Å². The van der Waals surface area contributed by atoms with Crippen LogP contribution in [0.3, 0.4) is 0 Å². The van der Waals surface area contributed by atoms with Gasteiger partial charge >= 0.3 is 7.44 Å². The van der Waals surface area contributed by atoms with Crippen molar-refractivity contribution in [3.63, 3.8) is 0 Å². The van der Waals surface area contributed by atoms with Crippen LogP contribution in [0.15, 0.2) is 22.2 Å². The predicted octanol–water partition coefficient (Wildman–Crippen LogP) is 1.04. The van der Waals surface area contributed by atoms with Crippen molar-refractivity contribution >= 4 is 19.6 Å². The van der Waals surface area contributed by atoms with E-state index >= 15 is 0 Å². The lowest BCUT2D eigenvalue weighted by Gasteiger charge is -1.96. The normalized spacial score (nSPS) is 13.5. The van der Waals surface area contributed by atoms with Gasteiger partial charge in [-0.25, -0.2) is 9.59 Å². The Kier molecular flexibility index (Phi) is 4.01. The summed E-state index contributed by atoms with van der Waals surface area (Å²) >= 11 is 0. The molecule has 0 N–H and O–H groups in total. The van der Waals surface area contributed by atoms with Crippen LogP contribution in [0.4, 0.5) is 0 Å². The van der Waals surface area contributed by atoms with Gasteiger partial charge in [0.2, 0.25) is 12.2 Å². The fourth-order valence-corrected chi connectivity index (χ4v) is 1.20. The van der Waals surface area contributed by atoms with E-state index in [1.165, 1.54) is 6.08 Å². The number of isocyanates is 2. The Hall–Kier alpha value is -1.27. The molecule has 0 rings (SSSR count). The Morgan fingerprint density at radius 1 is 1.36 bits per heavy atom. The Morgan fingerprint density at radius 3 is 2.09 bits per heavy atom. The molecule has 11 heavy (non-hydrogen) atoms. The number of carbonyl (C=O) groups excluding carboxylic acids is 2. The molecule has 0 aliphatic carbocycles. The summed E-state index contributed by atoms with van der Waals surface area (Å²) in [5, 5.41) is 0. The highest BCUT2D eigenvalue weighted by molar-refractivity contribution is 7.61. The van der Waals surface area contributed by atoms with E-state index in [1.54, 1.807) is 0 Å². The van der Waals surface area contributed by atoms with E-state index in [9.17, 15) is 14.2 Å². The second-order valence-electron chi connectivity index (χ2n) is 1.52. The Balaban J connectivity index is 4.79. The number of nitrogens with zero attached hydrogens (tertiary/aromatic N) is 2. The number of hydrogen-bond acceptors (Lipinski definition) is 3. The first-order valence-corrected chi connectivity index (χ1v) is 4.37. The maximum Gasteiger partial charge on any atom is 0.323 e. The summed E-state index contributed by atoms with van der Waals surface area (Å²) in [6, 6.07) is 0. The molecular weight excluding hydrogens is 167 g/mol. The SMILES string of the molecule is C=CCP(=O)(N=C=O)N=C=O. The van der Waals surface area contributed by atoms with Crippen LogP contribution < -0.4 is 0 Å². The fourth-order valence-electron chi connectivity index (χ4n) is 0.400. The third kappa shape index (κ3) is 3.43. The van der Waals surface area contributed by atoms with Crippen molar-refractivity contribution in [3.8, 4) is 0 Å². The molecule has 0 saturated heterocycles.